The molecule has 2 N–H and O–H groups in total. The largest absolute Gasteiger partial charge is 0.340 e. The van der Waals surface area contributed by atoms with Gasteiger partial charge in [0, 0.05) is 49.7 Å². The molecular formula is C29H36FN5O2. The van der Waals surface area contributed by atoms with E-state index in [0.29, 0.717) is 48.6 Å². The Kier molecular flexibility index (Phi) is 8.91. The van der Waals surface area contributed by atoms with Crippen LogP contribution >= 0.6 is 0 Å². The van der Waals surface area contributed by atoms with Crippen LogP contribution in [0.2, 0.25) is 0 Å². The molecule has 0 spiro atoms. The molecule has 1 heterocycles. The molecule has 2 fully saturated rings. The molecule has 0 bridgehead atoms. The lowest BCUT2D eigenvalue weighted by molar-refractivity contribution is -0.135. The number of hydrogen-bond acceptors (Lipinski definition) is 5. The number of nitrogens with one attached hydrogen (secondary N) is 2. The van der Waals surface area contributed by atoms with Gasteiger partial charge in [0.25, 0.3) is 5.91 Å². The first-order valence-electron chi connectivity index (χ1n) is 13.2. The Labute approximate surface area is 218 Å². The van der Waals surface area contributed by atoms with E-state index in [1.807, 2.05) is 17.0 Å². The number of hydrogen-bond donors (Lipinski definition) is 2. The molecule has 0 unspecified atom stereocenters. The summed E-state index contributed by atoms with van der Waals surface area (Å²) in [6, 6.07) is 15.4. The fraction of sp³-hybridized carbons (Fsp3) is 0.483. The Hall–Kier alpha value is -3.28. The minimum atomic E-state index is -0.609. The molecule has 1 saturated carbocycles. The standard InChI is InChI=1S/C29H36FN5O2/c1-20(2)34-14-16-35(17-15-34)29(37)26(33-28(36)23-7-5-21(19-31)6-8-23)4-3-13-32-27-18-25(27)22-9-11-24(30)12-10-22/h5-12,20,25-27,32H,3-4,13-18H2,1-2H3,(H,33,36)/t25-,26-,27+/m0/s1. The number of carbonyl (C=O) groups excluding carboxylic acids is 2. The summed E-state index contributed by atoms with van der Waals surface area (Å²) in [4.78, 5) is 30.6. The van der Waals surface area contributed by atoms with Crippen LogP contribution in [0.5, 0.6) is 0 Å². The second kappa shape index (κ2) is 12.3. The van der Waals surface area contributed by atoms with E-state index in [9.17, 15) is 14.0 Å². The van der Waals surface area contributed by atoms with E-state index in [2.05, 4.69) is 35.5 Å². The molecule has 196 valence electrons. The highest BCUT2D eigenvalue weighted by Crippen LogP contribution is 2.40. The fourth-order valence-corrected chi connectivity index (χ4v) is 4.97. The van der Waals surface area contributed by atoms with Crippen LogP contribution in [0.3, 0.4) is 0 Å². The number of nitriles is 1. The first-order valence-corrected chi connectivity index (χ1v) is 13.2. The zero-order chi connectivity index (χ0) is 26.4. The molecule has 4 rings (SSSR count). The smallest absolute Gasteiger partial charge is 0.251 e. The van der Waals surface area contributed by atoms with Crippen molar-refractivity contribution in [3.63, 3.8) is 0 Å². The number of nitrogens with zero attached hydrogens (tertiary/aromatic N) is 3. The Bertz CT molecular complexity index is 1100. The van der Waals surface area contributed by atoms with Crippen molar-refractivity contribution in [2.24, 2.45) is 0 Å². The van der Waals surface area contributed by atoms with Gasteiger partial charge < -0.3 is 15.5 Å². The summed E-state index contributed by atoms with van der Waals surface area (Å²) in [6.07, 6.45) is 2.29. The van der Waals surface area contributed by atoms with Gasteiger partial charge in [-0.3, -0.25) is 14.5 Å². The summed E-state index contributed by atoms with van der Waals surface area (Å²) in [5, 5.41) is 15.5. The van der Waals surface area contributed by atoms with Gasteiger partial charge in [0.05, 0.1) is 11.6 Å². The molecule has 3 atom stereocenters. The summed E-state index contributed by atoms with van der Waals surface area (Å²) in [6.45, 7) is 8.01. The summed E-state index contributed by atoms with van der Waals surface area (Å²) in [5.74, 6) is -0.180. The molecule has 2 aromatic carbocycles. The molecule has 1 aliphatic carbocycles. The topological polar surface area (TPSA) is 88.5 Å². The second-order valence-electron chi connectivity index (χ2n) is 10.3. The average Bonchev–Trinajstić information content (AvgIpc) is 3.70. The minimum Gasteiger partial charge on any atom is -0.340 e. The SMILES string of the molecule is CC(C)N1CCN(C(=O)[C@H](CCCN[C@@H]2C[C@H]2c2ccc(F)cc2)NC(=O)c2ccc(C#N)cc2)CC1. The number of halogens is 1. The second-order valence-corrected chi connectivity index (χ2v) is 10.3. The lowest BCUT2D eigenvalue weighted by Gasteiger charge is -2.38. The van der Waals surface area contributed by atoms with Crippen LogP contribution in [0.4, 0.5) is 4.39 Å². The van der Waals surface area contributed by atoms with E-state index in [4.69, 9.17) is 5.26 Å². The molecule has 0 aromatic heterocycles. The first kappa shape index (κ1) is 26.8. The van der Waals surface area contributed by atoms with Crippen LogP contribution in [0, 0.1) is 17.1 Å². The van der Waals surface area contributed by atoms with Crippen molar-refractivity contribution in [2.75, 3.05) is 32.7 Å². The summed E-state index contributed by atoms with van der Waals surface area (Å²) < 4.78 is 13.2. The van der Waals surface area contributed by atoms with E-state index in [-0.39, 0.29) is 17.6 Å². The first-order chi connectivity index (χ1) is 17.9. The van der Waals surface area contributed by atoms with Gasteiger partial charge >= 0.3 is 0 Å². The van der Waals surface area contributed by atoms with E-state index >= 15 is 0 Å². The molecular weight excluding hydrogens is 469 g/mol. The summed E-state index contributed by atoms with van der Waals surface area (Å²) >= 11 is 0. The number of amides is 2. The molecule has 37 heavy (non-hydrogen) atoms. The van der Waals surface area contributed by atoms with E-state index in [1.165, 1.54) is 12.1 Å². The Morgan fingerprint density at radius 2 is 1.73 bits per heavy atom. The van der Waals surface area contributed by atoms with Gasteiger partial charge in [0.15, 0.2) is 0 Å². The van der Waals surface area contributed by atoms with Crippen LogP contribution in [0.1, 0.15) is 60.5 Å². The maximum absolute atomic E-state index is 13.4. The van der Waals surface area contributed by atoms with Crippen LogP contribution in [-0.2, 0) is 4.79 Å². The fourth-order valence-electron chi connectivity index (χ4n) is 4.97. The van der Waals surface area contributed by atoms with Gasteiger partial charge in [0.1, 0.15) is 11.9 Å². The third-order valence-electron chi connectivity index (χ3n) is 7.40. The van der Waals surface area contributed by atoms with Crippen molar-refractivity contribution < 1.29 is 14.0 Å². The number of carbonyl (C=O) groups is 2. The summed E-state index contributed by atoms with van der Waals surface area (Å²) in [7, 11) is 0. The minimum absolute atomic E-state index is 0.0407. The van der Waals surface area contributed by atoms with E-state index in [1.54, 1.807) is 24.3 Å². The zero-order valence-corrected chi connectivity index (χ0v) is 21.6. The maximum atomic E-state index is 13.4. The van der Waals surface area contributed by atoms with Crippen molar-refractivity contribution in [3.8, 4) is 6.07 Å². The molecule has 2 amide bonds. The molecule has 1 saturated heterocycles. The number of rotatable bonds is 10. The highest BCUT2D eigenvalue weighted by Gasteiger charge is 2.37. The van der Waals surface area contributed by atoms with Crippen molar-refractivity contribution in [2.45, 2.75) is 57.2 Å². The predicted molar refractivity (Wildman–Crippen MR) is 140 cm³/mol. The van der Waals surface area contributed by atoms with E-state index in [0.717, 1.165) is 38.0 Å². The maximum Gasteiger partial charge on any atom is 0.251 e. The van der Waals surface area contributed by atoms with Crippen molar-refractivity contribution in [3.05, 3.63) is 71.0 Å². The quantitative estimate of drug-likeness (QED) is 0.484. The van der Waals surface area contributed by atoms with Crippen LogP contribution < -0.4 is 10.6 Å². The average molecular weight is 506 g/mol. The lowest BCUT2D eigenvalue weighted by Crippen LogP contribution is -2.56. The number of benzene rings is 2. The van der Waals surface area contributed by atoms with Crippen LogP contribution in [-0.4, -0.2) is 72.5 Å². The molecule has 0 radical (unpaired) electrons. The highest BCUT2D eigenvalue weighted by molar-refractivity contribution is 5.97. The molecule has 7 nitrogen and oxygen atoms in total. The van der Waals surface area contributed by atoms with Crippen molar-refractivity contribution in [1.29, 1.82) is 5.26 Å². The van der Waals surface area contributed by atoms with Gasteiger partial charge in [0.2, 0.25) is 5.91 Å². The molecule has 1 aliphatic heterocycles. The molecule has 8 heteroatoms. The van der Waals surface area contributed by atoms with Gasteiger partial charge in [-0.05, 0) is 81.6 Å². The van der Waals surface area contributed by atoms with Gasteiger partial charge in [-0.1, -0.05) is 12.1 Å². The van der Waals surface area contributed by atoms with Gasteiger partial charge in [-0.15, -0.1) is 0 Å². The lowest BCUT2D eigenvalue weighted by atomic mass is 10.1. The third-order valence-corrected chi connectivity index (χ3v) is 7.40. The van der Waals surface area contributed by atoms with E-state index < -0.39 is 6.04 Å². The van der Waals surface area contributed by atoms with Crippen molar-refractivity contribution in [1.82, 2.24) is 20.4 Å². The Morgan fingerprint density at radius 3 is 2.35 bits per heavy atom. The Morgan fingerprint density at radius 1 is 1.05 bits per heavy atom. The zero-order valence-electron chi connectivity index (χ0n) is 21.6. The number of piperazine rings is 1. The third kappa shape index (κ3) is 7.15. The van der Waals surface area contributed by atoms with Crippen LogP contribution in [0.15, 0.2) is 48.5 Å². The van der Waals surface area contributed by atoms with Gasteiger partial charge in [-0.25, -0.2) is 4.39 Å². The molecule has 2 aliphatic rings. The highest BCUT2D eigenvalue weighted by atomic mass is 19.1. The van der Waals surface area contributed by atoms with Crippen LogP contribution in [0.25, 0.3) is 0 Å². The van der Waals surface area contributed by atoms with Crippen molar-refractivity contribution >= 4 is 11.8 Å². The predicted octanol–water partition coefficient (Wildman–Crippen LogP) is 3.27. The molecule has 2 aromatic rings. The normalized spacial score (nSPS) is 20.4. The summed E-state index contributed by atoms with van der Waals surface area (Å²) in [5.41, 5.74) is 2.05. The van der Waals surface area contributed by atoms with Gasteiger partial charge in [-0.2, -0.15) is 5.26 Å². The Balaban J connectivity index is 1.32. The monoisotopic (exact) mass is 505 g/mol.